The number of hydrogen-bond donors (Lipinski definition) is 2. The third-order valence-electron chi connectivity index (χ3n) is 2.05. The van der Waals surface area contributed by atoms with Crippen LogP contribution in [0.4, 0.5) is 0 Å². The van der Waals surface area contributed by atoms with E-state index in [1.165, 1.54) is 0 Å². The van der Waals surface area contributed by atoms with Gasteiger partial charge >= 0.3 is 0 Å². The molecule has 68 valence electrons. The lowest BCUT2D eigenvalue weighted by Gasteiger charge is -2.10. The first-order chi connectivity index (χ1) is 5.77. The summed E-state index contributed by atoms with van der Waals surface area (Å²) in [5, 5.41) is 3.17. The van der Waals surface area contributed by atoms with Gasteiger partial charge in [0, 0.05) is 24.4 Å². The van der Waals surface area contributed by atoms with Crippen molar-refractivity contribution in [2.24, 2.45) is 0 Å². The first-order valence-electron chi connectivity index (χ1n) is 4.44. The van der Waals surface area contributed by atoms with Crippen LogP contribution in [-0.4, -0.2) is 23.6 Å². The average molecular weight is 167 g/mol. The molecule has 3 nitrogen and oxygen atoms in total. The van der Waals surface area contributed by atoms with Crippen molar-refractivity contribution in [1.82, 2.24) is 15.3 Å². The molecule has 1 atom stereocenters. The Morgan fingerprint density at radius 3 is 2.83 bits per heavy atom. The highest BCUT2D eigenvalue weighted by atomic mass is 14.9. The Morgan fingerprint density at radius 1 is 1.67 bits per heavy atom. The molecule has 0 radical (unpaired) electrons. The monoisotopic (exact) mass is 167 g/mol. The minimum absolute atomic E-state index is 0.517. The lowest BCUT2D eigenvalue weighted by atomic mass is 10.1. The van der Waals surface area contributed by atoms with Crippen molar-refractivity contribution in [2.45, 2.75) is 26.2 Å². The molecule has 0 aliphatic heterocycles. The molecule has 0 saturated heterocycles. The second-order valence-electron chi connectivity index (χ2n) is 3.11. The van der Waals surface area contributed by atoms with Gasteiger partial charge in [-0.3, -0.25) is 0 Å². The van der Waals surface area contributed by atoms with Gasteiger partial charge in [-0.1, -0.05) is 6.92 Å². The molecule has 0 aliphatic carbocycles. The summed E-state index contributed by atoms with van der Waals surface area (Å²) in [6.45, 7) is 5.20. The van der Waals surface area contributed by atoms with Crippen molar-refractivity contribution in [2.75, 3.05) is 13.6 Å². The molecule has 2 N–H and O–H groups in total. The fourth-order valence-corrected chi connectivity index (χ4v) is 1.32. The quantitative estimate of drug-likeness (QED) is 0.712. The summed E-state index contributed by atoms with van der Waals surface area (Å²) in [4.78, 5) is 7.57. The van der Waals surface area contributed by atoms with Crippen LogP contribution in [0.25, 0.3) is 0 Å². The Hall–Kier alpha value is -0.830. The zero-order valence-corrected chi connectivity index (χ0v) is 8.02. The standard InChI is InChI=1S/C9H17N3/c1-4-8(6-10-3)9-11-5-7(2)12-9/h5,8,10H,4,6H2,1-3H3,(H,11,12). The van der Waals surface area contributed by atoms with Crippen molar-refractivity contribution < 1.29 is 0 Å². The predicted octanol–water partition coefficient (Wildman–Crippen LogP) is 1.43. The smallest absolute Gasteiger partial charge is 0.110 e. The normalized spacial score (nSPS) is 13.2. The van der Waals surface area contributed by atoms with Gasteiger partial charge in [-0.2, -0.15) is 0 Å². The fraction of sp³-hybridized carbons (Fsp3) is 0.667. The number of nitrogens with zero attached hydrogens (tertiary/aromatic N) is 1. The number of nitrogens with one attached hydrogen (secondary N) is 2. The first kappa shape index (κ1) is 9.26. The molecule has 0 spiro atoms. The maximum atomic E-state index is 4.31. The summed E-state index contributed by atoms with van der Waals surface area (Å²) in [5.74, 6) is 1.62. The number of aromatic nitrogens is 2. The highest BCUT2D eigenvalue weighted by molar-refractivity contribution is 5.03. The molecular formula is C9H17N3. The summed E-state index contributed by atoms with van der Waals surface area (Å²) in [6, 6.07) is 0. The zero-order chi connectivity index (χ0) is 8.97. The molecule has 0 aromatic carbocycles. The minimum Gasteiger partial charge on any atom is -0.346 e. The molecular weight excluding hydrogens is 150 g/mol. The van der Waals surface area contributed by atoms with Crippen LogP contribution < -0.4 is 5.32 Å². The highest BCUT2D eigenvalue weighted by Crippen LogP contribution is 2.14. The fourth-order valence-electron chi connectivity index (χ4n) is 1.32. The van der Waals surface area contributed by atoms with E-state index in [0.717, 1.165) is 24.5 Å². The lowest BCUT2D eigenvalue weighted by molar-refractivity contribution is 0.585. The van der Waals surface area contributed by atoms with Gasteiger partial charge in [0.05, 0.1) is 0 Å². The molecule has 1 aromatic rings. The molecule has 1 rings (SSSR count). The number of H-pyrrole nitrogens is 1. The van der Waals surface area contributed by atoms with Crippen LogP contribution in [0, 0.1) is 6.92 Å². The molecule has 1 unspecified atom stereocenters. The van der Waals surface area contributed by atoms with E-state index >= 15 is 0 Å². The van der Waals surface area contributed by atoms with Gasteiger partial charge in [-0.05, 0) is 20.4 Å². The van der Waals surface area contributed by atoms with Crippen LogP contribution in [0.2, 0.25) is 0 Å². The second-order valence-corrected chi connectivity index (χ2v) is 3.11. The van der Waals surface area contributed by atoms with E-state index < -0.39 is 0 Å². The van der Waals surface area contributed by atoms with Crippen molar-refractivity contribution in [3.63, 3.8) is 0 Å². The minimum atomic E-state index is 0.517. The van der Waals surface area contributed by atoms with E-state index in [1.807, 2.05) is 20.2 Å². The van der Waals surface area contributed by atoms with Crippen LogP contribution in [0.3, 0.4) is 0 Å². The van der Waals surface area contributed by atoms with E-state index in [9.17, 15) is 0 Å². The Balaban J connectivity index is 2.66. The van der Waals surface area contributed by atoms with Crippen LogP contribution in [-0.2, 0) is 0 Å². The summed E-state index contributed by atoms with van der Waals surface area (Å²) < 4.78 is 0. The van der Waals surface area contributed by atoms with Crippen LogP contribution in [0.5, 0.6) is 0 Å². The highest BCUT2D eigenvalue weighted by Gasteiger charge is 2.10. The van der Waals surface area contributed by atoms with Gasteiger partial charge < -0.3 is 10.3 Å². The van der Waals surface area contributed by atoms with Gasteiger partial charge in [0.25, 0.3) is 0 Å². The first-order valence-corrected chi connectivity index (χ1v) is 4.44. The van der Waals surface area contributed by atoms with Crippen LogP contribution in [0.15, 0.2) is 6.20 Å². The molecule has 1 aromatic heterocycles. The summed E-state index contributed by atoms with van der Waals surface area (Å²) >= 11 is 0. The Morgan fingerprint density at radius 2 is 2.42 bits per heavy atom. The van der Waals surface area contributed by atoms with Crippen molar-refractivity contribution in [3.8, 4) is 0 Å². The van der Waals surface area contributed by atoms with Crippen molar-refractivity contribution in [3.05, 3.63) is 17.7 Å². The largest absolute Gasteiger partial charge is 0.346 e. The van der Waals surface area contributed by atoms with Gasteiger partial charge in [-0.25, -0.2) is 4.98 Å². The SMILES string of the molecule is CCC(CNC)c1ncc(C)[nH]1. The molecule has 0 saturated carbocycles. The number of aryl methyl sites for hydroxylation is 1. The van der Waals surface area contributed by atoms with E-state index in [2.05, 4.69) is 22.2 Å². The Bertz CT molecular complexity index is 229. The Kier molecular flexibility index (Phi) is 3.29. The van der Waals surface area contributed by atoms with Gasteiger partial charge in [-0.15, -0.1) is 0 Å². The van der Waals surface area contributed by atoms with E-state index in [4.69, 9.17) is 0 Å². The summed E-state index contributed by atoms with van der Waals surface area (Å²) in [7, 11) is 1.97. The Labute approximate surface area is 73.6 Å². The maximum Gasteiger partial charge on any atom is 0.110 e. The maximum absolute atomic E-state index is 4.31. The number of imidazole rings is 1. The predicted molar refractivity (Wildman–Crippen MR) is 50.3 cm³/mol. The van der Waals surface area contributed by atoms with E-state index in [1.54, 1.807) is 0 Å². The number of likely N-dealkylation sites (N-methyl/N-ethyl adjacent to an activating group) is 1. The number of hydrogen-bond acceptors (Lipinski definition) is 2. The molecule has 0 bridgehead atoms. The number of rotatable bonds is 4. The molecule has 1 heterocycles. The van der Waals surface area contributed by atoms with Gasteiger partial charge in [0.1, 0.15) is 5.82 Å². The van der Waals surface area contributed by atoms with Crippen molar-refractivity contribution in [1.29, 1.82) is 0 Å². The molecule has 12 heavy (non-hydrogen) atoms. The third kappa shape index (κ3) is 2.08. The molecule has 0 fully saturated rings. The van der Waals surface area contributed by atoms with E-state index in [-0.39, 0.29) is 0 Å². The topological polar surface area (TPSA) is 40.7 Å². The van der Waals surface area contributed by atoms with E-state index in [0.29, 0.717) is 5.92 Å². The van der Waals surface area contributed by atoms with Crippen LogP contribution in [0.1, 0.15) is 30.8 Å². The molecule has 0 amide bonds. The number of aromatic amines is 1. The molecule has 3 heteroatoms. The van der Waals surface area contributed by atoms with Crippen molar-refractivity contribution >= 4 is 0 Å². The summed E-state index contributed by atoms with van der Waals surface area (Å²) in [5.41, 5.74) is 1.14. The molecule has 0 aliphatic rings. The van der Waals surface area contributed by atoms with Gasteiger partial charge in [0.15, 0.2) is 0 Å². The second kappa shape index (κ2) is 4.26. The van der Waals surface area contributed by atoms with Crippen LogP contribution >= 0.6 is 0 Å². The summed E-state index contributed by atoms with van der Waals surface area (Å²) in [6.07, 6.45) is 3.00. The average Bonchev–Trinajstić information content (AvgIpc) is 2.47. The lowest BCUT2D eigenvalue weighted by Crippen LogP contribution is -2.17. The zero-order valence-electron chi connectivity index (χ0n) is 8.02. The third-order valence-corrected chi connectivity index (χ3v) is 2.05. The van der Waals surface area contributed by atoms with Gasteiger partial charge in [0.2, 0.25) is 0 Å².